The van der Waals surface area contributed by atoms with E-state index in [1.54, 1.807) is 24.3 Å². The van der Waals surface area contributed by atoms with Crippen LogP contribution in [0.3, 0.4) is 0 Å². The first-order chi connectivity index (χ1) is 13.7. The van der Waals surface area contributed by atoms with E-state index in [0.717, 1.165) is 37.4 Å². The number of nitrogens with zero attached hydrogens (tertiary/aromatic N) is 1. The molecule has 0 aromatic heterocycles. The molecular formula is C22H24N2O4. The number of carbonyl (C=O) groups is 2. The van der Waals surface area contributed by atoms with Gasteiger partial charge in [0.1, 0.15) is 12.7 Å². The predicted molar refractivity (Wildman–Crippen MR) is 106 cm³/mol. The van der Waals surface area contributed by atoms with Crippen molar-refractivity contribution in [2.24, 2.45) is 0 Å². The Bertz CT molecular complexity index is 844. The highest BCUT2D eigenvalue weighted by Gasteiger charge is 2.22. The molecule has 0 saturated carbocycles. The zero-order chi connectivity index (χ0) is 19.3. The molecule has 0 radical (unpaired) electrons. The van der Waals surface area contributed by atoms with Crippen LogP contribution in [0.2, 0.25) is 0 Å². The van der Waals surface area contributed by atoms with Crippen molar-refractivity contribution in [2.75, 3.05) is 25.0 Å². The van der Waals surface area contributed by atoms with Gasteiger partial charge in [-0.15, -0.1) is 0 Å². The van der Waals surface area contributed by atoms with Gasteiger partial charge in [0.25, 0.3) is 5.91 Å². The Morgan fingerprint density at radius 3 is 2.46 bits per heavy atom. The van der Waals surface area contributed by atoms with Gasteiger partial charge < -0.3 is 19.7 Å². The molecule has 2 amide bonds. The minimum absolute atomic E-state index is 0.0603. The van der Waals surface area contributed by atoms with Crippen molar-refractivity contribution in [3.8, 4) is 11.5 Å². The summed E-state index contributed by atoms with van der Waals surface area (Å²) >= 11 is 0. The van der Waals surface area contributed by atoms with E-state index >= 15 is 0 Å². The second kappa shape index (κ2) is 8.33. The monoisotopic (exact) mass is 380 g/mol. The highest BCUT2D eigenvalue weighted by Crippen LogP contribution is 2.31. The van der Waals surface area contributed by atoms with Gasteiger partial charge in [-0.2, -0.15) is 0 Å². The number of ether oxygens (including phenoxy) is 2. The molecule has 1 fully saturated rings. The fourth-order valence-electron chi connectivity index (χ4n) is 3.52. The lowest BCUT2D eigenvalue weighted by Gasteiger charge is -2.26. The Kier molecular flexibility index (Phi) is 5.46. The van der Waals surface area contributed by atoms with Gasteiger partial charge in [-0.25, -0.2) is 0 Å². The Labute approximate surface area is 164 Å². The smallest absolute Gasteiger partial charge is 0.253 e. The van der Waals surface area contributed by atoms with E-state index in [4.69, 9.17) is 9.47 Å². The first kappa shape index (κ1) is 18.3. The van der Waals surface area contributed by atoms with Crippen LogP contribution in [0.15, 0.2) is 48.5 Å². The zero-order valence-electron chi connectivity index (χ0n) is 15.7. The molecule has 1 saturated heterocycles. The van der Waals surface area contributed by atoms with E-state index in [0.29, 0.717) is 30.7 Å². The number of anilines is 1. The third-order valence-electron chi connectivity index (χ3n) is 5.07. The number of carbonyl (C=O) groups excluding carboxylic acids is 2. The lowest BCUT2D eigenvalue weighted by Crippen LogP contribution is -2.30. The molecule has 0 bridgehead atoms. The highest BCUT2D eigenvalue weighted by molar-refractivity contribution is 5.96. The maximum Gasteiger partial charge on any atom is 0.253 e. The lowest BCUT2D eigenvalue weighted by atomic mass is 10.1. The minimum Gasteiger partial charge on any atom is -0.486 e. The standard InChI is InChI=1S/C22H24N2O4/c25-21(12-11-18-15-27-19-5-1-2-6-20(19)28-18)23-17-9-7-16(8-10-17)22(26)24-13-3-4-14-24/h1-2,5-10,18H,3-4,11-15H2,(H,23,25). The number of hydrogen-bond acceptors (Lipinski definition) is 4. The van der Waals surface area contributed by atoms with Crippen LogP contribution in [-0.2, 0) is 4.79 Å². The van der Waals surface area contributed by atoms with Crippen molar-refractivity contribution in [3.63, 3.8) is 0 Å². The number of fused-ring (bicyclic) bond motifs is 1. The fraction of sp³-hybridized carbons (Fsp3) is 0.364. The fourth-order valence-corrected chi connectivity index (χ4v) is 3.52. The molecule has 2 aromatic rings. The maximum absolute atomic E-state index is 12.4. The number of rotatable bonds is 5. The van der Waals surface area contributed by atoms with Gasteiger partial charge in [0.2, 0.25) is 5.91 Å². The number of para-hydroxylation sites is 2. The van der Waals surface area contributed by atoms with E-state index in [9.17, 15) is 9.59 Å². The highest BCUT2D eigenvalue weighted by atomic mass is 16.6. The van der Waals surface area contributed by atoms with Gasteiger partial charge in [-0.1, -0.05) is 12.1 Å². The number of likely N-dealkylation sites (tertiary alicyclic amines) is 1. The van der Waals surface area contributed by atoms with Gasteiger partial charge in [0, 0.05) is 30.8 Å². The molecule has 1 N–H and O–H groups in total. The minimum atomic E-state index is -0.138. The molecule has 1 atom stereocenters. The topological polar surface area (TPSA) is 67.9 Å². The van der Waals surface area contributed by atoms with Gasteiger partial charge >= 0.3 is 0 Å². The maximum atomic E-state index is 12.4. The molecule has 6 heteroatoms. The zero-order valence-corrected chi connectivity index (χ0v) is 15.7. The largest absolute Gasteiger partial charge is 0.486 e. The summed E-state index contributed by atoms with van der Waals surface area (Å²) in [5.74, 6) is 1.44. The van der Waals surface area contributed by atoms with Crippen molar-refractivity contribution in [2.45, 2.75) is 31.8 Å². The average Bonchev–Trinajstić information content (AvgIpc) is 3.27. The summed E-state index contributed by atoms with van der Waals surface area (Å²) in [6.07, 6.45) is 2.92. The van der Waals surface area contributed by atoms with Crippen molar-refractivity contribution in [3.05, 3.63) is 54.1 Å². The normalized spacial score (nSPS) is 18.0. The number of nitrogens with one attached hydrogen (secondary N) is 1. The summed E-state index contributed by atoms with van der Waals surface area (Å²) in [4.78, 5) is 26.5. The summed E-state index contributed by atoms with van der Waals surface area (Å²) in [5.41, 5.74) is 1.35. The van der Waals surface area contributed by atoms with Crippen LogP contribution in [-0.4, -0.2) is 42.5 Å². The molecular weight excluding hydrogens is 356 g/mol. The van der Waals surface area contributed by atoms with Crippen molar-refractivity contribution < 1.29 is 19.1 Å². The van der Waals surface area contributed by atoms with Gasteiger partial charge in [-0.05, 0) is 55.7 Å². The van der Waals surface area contributed by atoms with E-state index in [1.807, 2.05) is 29.2 Å². The number of amides is 2. The molecule has 1 unspecified atom stereocenters. The summed E-state index contributed by atoms with van der Waals surface area (Å²) in [5, 5.41) is 2.88. The quantitative estimate of drug-likeness (QED) is 0.862. The summed E-state index contributed by atoms with van der Waals surface area (Å²) in [7, 11) is 0. The molecule has 0 spiro atoms. The molecule has 146 valence electrons. The Morgan fingerprint density at radius 1 is 1.00 bits per heavy atom. The van der Waals surface area contributed by atoms with Crippen LogP contribution in [0.5, 0.6) is 11.5 Å². The van der Waals surface area contributed by atoms with E-state index in [2.05, 4.69) is 5.32 Å². The summed E-state index contributed by atoms with van der Waals surface area (Å²) < 4.78 is 11.5. The summed E-state index contributed by atoms with van der Waals surface area (Å²) in [6, 6.07) is 14.6. The van der Waals surface area contributed by atoms with Crippen LogP contribution in [0.4, 0.5) is 5.69 Å². The third kappa shape index (κ3) is 4.27. The Hall–Kier alpha value is -3.02. The average molecular weight is 380 g/mol. The van der Waals surface area contributed by atoms with Crippen molar-refractivity contribution >= 4 is 17.5 Å². The predicted octanol–water partition coefficient (Wildman–Crippen LogP) is 3.48. The third-order valence-corrected chi connectivity index (χ3v) is 5.07. The van der Waals surface area contributed by atoms with Crippen molar-refractivity contribution in [1.82, 2.24) is 4.90 Å². The number of benzene rings is 2. The van der Waals surface area contributed by atoms with Crippen molar-refractivity contribution in [1.29, 1.82) is 0 Å². The van der Waals surface area contributed by atoms with Gasteiger partial charge in [0.05, 0.1) is 0 Å². The van der Waals surface area contributed by atoms with Gasteiger partial charge in [-0.3, -0.25) is 9.59 Å². The van der Waals surface area contributed by atoms with Crippen LogP contribution in [0.1, 0.15) is 36.0 Å². The Morgan fingerprint density at radius 2 is 1.71 bits per heavy atom. The lowest BCUT2D eigenvalue weighted by molar-refractivity contribution is -0.116. The number of hydrogen-bond donors (Lipinski definition) is 1. The molecule has 2 aromatic carbocycles. The van der Waals surface area contributed by atoms with Crippen LogP contribution in [0, 0.1) is 0 Å². The first-order valence-corrected chi connectivity index (χ1v) is 9.77. The second-order valence-corrected chi connectivity index (χ2v) is 7.16. The molecule has 0 aliphatic carbocycles. The van der Waals surface area contributed by atoms with Crippen LogP contribution in [0.25, 0.3) is 0 Å². The molecule has 6 nitrogen and oxygen atoms in total. The first-order valence-electron chi connectivity index (χ1n) is 9.77. The van der Waals surface area contributed by atoms with Crippen LogP contribution >= 0.6 is 0 Å². The van der Waals surface area contributed by atoms with E-state index in [-0.39, 0.29) is 17.9 Å². The second-order valence-electron chi connectivity index (χ2n) is 7.16. The van der Waals surface area contributed by atoms with E-state index in [1.165, 1.54) is 0 Å². The van der Waals surface area contributed by atoms with Gasteiger partial charge in [0.15, 0.2) is 11.5 Å². The molecule has 28 heavy (non-hydrogen) atoms. The van der Waals surface area contributed by atoms with E-state index < -0.39 is 0 Å². The molecule has 2 aliphatic rings. The SMILES string of the molecule is O=C(CCC1COc2ccccc2O1)Nc1ccc(C(=O)N2CCCC2)cc1. The van der Waals surface area contributed by atoms with Crippen LogP contribution < -0.4 is 14.8 Å². The molecule has 4 rings (SSSR count). The molecule has 2 aliphatic heterocycles. The molecule has 2 heterocycles. The summed E-state index contributed by atoms with van der Waals surface area (Å²) in [6.45, 7) is 2.10. The Balaban J connectivity index is 1.25.